The molecule has 0 amide bonds. The highest BCUT2D eigenvalue weighted by atomic mass is 35.5. The first-order chi connectivity index (χ1) is 7.45. The lowest BCUT2D eigenvalue weighted by Gasteiger charge is -2.00. The predicted molar refractivity (Wildman–Crippen MR) is 59.3 cm³/mol. The zero-order valence-electron chi connectivity index (χ0n) is 7.92. The molecule has 86 valence electrons. The molecule has 1 rings (SSSR count). The lowest BCUT2D eigenvalue weighted by molar-refractivity contribution is -0.131. The van der Waals surface area contributed by atoms with Crippen LogP contribution in [0.2, 0.25) is 0 Å². The molecule has 0 saturated heterocycles. The lowest BCUT2D eigenvalue weighted by atomic mass is 10.2. The molecule has 0 aromatic heterocycles. The summed E-state index contributed by atoms with van der Waals surface area (Å²) in [6.07, 6.45) is 2.32. The second-order valence-electron chi connectivity index (χ2n) is 2.82. The Hall–Kier alpha value is -1.37. The van der Waals surface area contributed by atoms with Gasteiger partial charge in [0.05, 0.1) is 4.90 Å². The molecule has 5 nitrogen and oxygen atoms in total. The molecule has 0 fully saturated rings. The maximum atomic E-state index is 11.2. The molecule has 16 heavy (non-hydrogen) atoms. The number of carboxylic acid groups (broad SMARTS) is 1. The van der Waals surface area contributed by atoms with Crippen molar-refractivity contribution in [2.75, 3.05) is 0 Å². The van der Waals surface area contributed by atoms with E-state index < -0.39 is 16.0 Å². The van der Waals surface area contributed by atoms with Crippen LogP contribution in [0.4, 0.5) is 0 Å². The van der Waals surface area contributed by atoms with Crippen LogP contribution in [0.25, 0.3) is 6.08 Å². The Bertz CT molecular complexity index is 507. The first kappa shape index (κ1) is 12.7. The van der Waals surface area contributed by atoms with Gasteiger partial charge in [0.25, 0.3) is 10.0 Å². The van der Waals surface area contributed by atoms with Gasteiger partial charge in [-0.15, -0.1) is 4.24 Å². The molecule has 0 aliphatic rings. The third-order valence-electron chi connectivity index (χ3n) is 1.71. The maximum Gasteiger partial charge on any atom is 0.328 e. The highest BCUT2D eigenvalue weighted by Gasteiger charge is 2.10. The van der Waals surface area contributed by atoms with Crippen molar-refractivity contribution in [2.24, 2.45) is 0 Å². The average molecular weight is 262 g/mol. The largest absolute Gasteiger partial charge is 0.478 e. The van der Waals surface area contributed by atoms with Crippen LogP contribution in [0.3, 0.4) is 0 Å². The van der Waals surface area contributed by atoms with Crippen molar-refractivity contribution < 1.29 is 18.3 Å². The fourth-order valence-corrected chi connectivity index (χ4v) is 1.82. The van der Waals surface area contributed by atoms with Crippen molar-refractivity contribution in [3.8, 4) is 0 Å². The first-order valence-electron chi connectivity index (χ1n) is 4.09. The number of carboxylic acids is 1. The number of nitrogens with one attached hydrogen (secondary N) is 1. The highest BCUT2D eigenvalue weighted by molar-refractivity contribution is 7.90. The maximum absolute atomic E-state index is 11.2. The average Bonchev–Trinajstić information content (AvgIpc) is 2.27. The molecular weight excluding hydrogens is 254 g/mol. The zero-order chi connectivity index (χ0) is 12.2. The molecule has 2 N–H and O–H groups in total. The highest BCUT2D eigenvalue weighted by Crippen LogP contribution is 2.11. The second kappa shape index (κ2) is 5.11. The van der Waals surface area contributed by atoms with Gasteiger partial charge in [0.15, 0.2) is 0 Å². The van der Waals surface area contributed by atoms with Crippen molar-refractivity contribution in [1.29, 1.82) is 0 Å². The molecule has 0 bridgehead atoms. The topological polar surface area (TPSA) is 83.5 Å². The summed E-state index contributed by atoms with van der Waals surface area (Å²) in [6, 6.07) is 5.60. The Balaban J connectivity index is 2.96. The van der Waals surface area contributed by atoms with Gasteiger partial charge in [-0.05, 0) is 35.5 Å². The van der Waals surface area contributed by atoms with Gasteiger partial charge in [0.1, 0.15) is 0 Å². The molecule has 0 spiro atoms. The molecule has 0 aliphatic heterocycles. The van der Waals surface area contributed by atoms with Crippen LogP contribution in [0.15, 0.2) is 35.2 Å². The van der Waals surface area contributed by atoms with Crippen LogP contribution >= 0.6 is 11.8 Å². The van der Waals surface area contributed by atoms with Crippen molar-refractivity contribution in [3.63, 3.8) is 0 Å². The smallest absolute Gasteiger partial charge is 0.328 e. The van der Waals surface area contributed by atoms with Crippen LogP contribution in [-0.4, -0.2) is 19.5 Å². The van der Waals surface area contributed by atoms with Crippen LogP contribution in [0.1, 0.15) is 5.56 Å². The van der Waals surface area contributed by atoms with E-state index in [1.165, 1.54) is 30.3 Å². The van der Waals surface area contributed by atoms with E-state index in [4.69, 9.17) is 16.9 Å². The summed E-state index contributed by atoms with van der Waals surface area (Å²) in [7, 11) is -3.67. The first-order valence-corrected chi connectivity index (χ1v) is 5.95. The molecular formula is C9H8ClNO4S. The molecule has 0 heterocycles. The van der Waals surface area contributed by atoms with Crippen LogP contribution < -0.4 is 4.24 Å². The van der Waals surface area contributed by atoms with E-state index in [-0.39, 0.29) is 4.90 Å². The SMILES string of the molecule is O=C(O)/C=C/c1ccc(S(=O)(=O)NCl)cc1. The van der Waals surface area contributed by atoms with E-state index in [1.807, 2.05) is 0 Å². The van der Waals surface area contributed by atoms with E-state index in [1.54, 1.807) is 4.24 Å². The van der Waals surface area contributed by atoms with Crippen LogP contribution in [0.5, 0.6) is 0 Å². The number of benzene rings is 1. The van der Waals surface area contributed by atoms with Gasteiger partial charge in [-0.25, -0.2) is 13.2 Å². The number of hydrogen-bond donors (Lipinski definition) is 2. The van der Waals surface area contributed by atoms with Gasteiger partial charge < -0.3 is 5.11 Å². The summed E-state index contributed by atoms with van der Waals surface area (Å²) in [5.41, 5.74) is 0.580. The number of carbonyl (C=O) groups is 1. The monoisotopic (exact) mass is 261 g/mol. The Morgan fingerprint density at radius 3 is 2.31 bits per heavy atom. The predicted octanol–water partition coefficient (Wildman–Crippen LogP) is 1.22. The van der Waals surface area contributed by atoms with E-state index in [0.29, 0.717) is 5.56 Å². The lowest BCUT2D eigenvalue weighted by Crippen LogP contribution is -2.13. The molecule has 0 saturated carbocycles. The fourth-order valence-electron chi connectivity index (χ4n) is 0.970. The van der Waals surface area contributed by atoms with Gasteiger partial charge in [0.2, 0.25) is 0 Å². The number of halogens is 1. The number of hydrogen-bond acceptors (Lipinski definition) is 3. The molecule has 7 heteroatoms. The van der Waals surface area contributed by atoms with Crippen molar-refractivity contribution in [2.45, 2.75) is 4.90 Å². The normalized spacial score (nSPS) is 11.8. The van der Waals surface area contributed by atoms with Gasteiger partial charge in [-0.3, -0.25) is 0 Å². The van der Waals surface area contributed by atoms with Gasteiger partial charge in [-0.1, -0.05) is 12.1 Å². The van der Waals surface area contributed by atoms with E-state index >= 15 is 0 Å². The summed E-state index contributed by atoms with van der Waals surface area (Å²) >= 11 is 5.04. The number of aliphatic carboxylic acids is 1. The van der Waals surface area contributed by atoms with Crippen LogP contribution in [0, 0.1) is 0 Å². The molecule has 1 aromatic rings. The number of rotatable bonds is 4. The minimum atomic E-state index is -3.67. The van der Waals surface area contributed by atoms with E-state index in [9.17, 15) is 13.2 Å². The molecule has 1 aromatic carbocycles. The minimum Gasteiger partial charge on any atom is -0.478 e. The molecule has 0 atom stereocenters. The van der Waals surface area contributed by atoms with Crippen molar-refractivity contribution in [1.82, 2.24) is 4.24 Å². The quantitative estimate of drug-likeness (QED) is 0.630. The Labute approximate surface area is 97.5 Å². The van der Waals surface area contributed by atoms with Crippen molar-refractivity contribution >= 4 is 33.8 Å². The standard InChI is InChI=1S/C9H8ClNO4S/c10-11-16(14,15)8-4-1-7(2-5-8)3-6-9(12)13/h1-6,11H,(H,12,13)/b6-3+. The zero-order valence-corrected chi connectivity index (χ0v) is 9.49. The summed E-state index contributed by atoms with van der Waals surface area (Å²) < 4.78 is 24.1. The molecule has 0 unspecified atom stereocenters. The third-order valence-corrected chi connectivity index (χ3v) is 3.42. The summed E-state index contributed by atoms with van der Waals surface area (Å²) in [5, 5.41) is 8.39. The molecule has 0 radical (unpaired) electrons. The van der Waals surface area contributed by atoms with E-state index in [2.05, 4.69) is 0 Å². The minimum absolute atomic E-state index is 0.00924. The number of sulfonamides is 1. The Kier molecular flexibility index (Phi) is 4.05. The fraction of sp³-hybridized carbons (Fsp3) is 0. The second-order valence-corrected chi connectivity index (χ2v) is 4.92. The van der Waals surface area contributed by atoms with Crippen LogP contribution in [-0.2, 0) is 14.8 Å². The third kappa shape index (κ3) is 3.34. The Morgan fingerprint density at radius 1 is 1.31 bits per heavy atom. The Morgan fingerprint density at radius 2 is 1.88 bits per heavy atom. The van der Waals surface area contributed by atoms with E-state index in [0.717, 1.165) is 6.08 Å². The van der Waals surface area contributed by atoms with Gasteiger partial charge >= 0.3 is 5.97 Å². The summed E-state index contributed by atoms with van der Waals surface area (Å²) in [4.78, 5) is 10.2. The molecule has 0 aliphatic carbocycles. The summed E-state index contributed by atoms with van der Waals surface area (Å²) in [6.45, 7) is 0. The van der Waals surface area contributed by atoms with Crippen molar-refractivity contribution in [3.05, 3.63) is 35.9 Å². The summed E-state index contributed by atoms with van der Waals surface area (Å²) in [5.74, 6) is -1.07. The van der Waals surface area contributed by atoms with Gasteiger partial charge in [0, 0.05) is 6.08 Å². The van der Waals surface area contributed by atoms with Gasteiger partial charge in [-0.2, -0.15) is 0 Å².